The van der Waals surface area contributed by atoms with Crippen LogP contribution in [-0.4, -0.2) is 34.9 Å². The molecule has 1 aliphatic rings. The molecule has 6 heteroatoms. The molecule has 19 heavy (non-hydrogen) atoms. The quantitative estimate of drug-likeness (QED) is 0.641. The van der Waals surface area contributed by atoms with Crippen LogP contribution in [0.4, 0.5) is 11.4 Å². The van der Waals surface area contributed by atoms with Crippen LogP contribution in [0.15, 0.2) is 18.2 Å². The van der Waals surface area contributed by atoms with Crippen LogP contribution in [0.2, 0.25) is 0 Å². The maximum atomic E-state index is 10.8. The van der Waals surface area contributed by atoms with E-state index >= 15 is 0 Å². The van der Waals surface area contributed by atoms with E-state index in [2.05, 4.69) is 5.32 Å². The average Bonchev–Trinajstić information content (AvgIpc) is 2.67. The fraction of sp³-hybridized carbons (Fsp3) is 0.538. The molecule has 1 fully saturated rings. The van der Waals surface area contributed by atoms with E-state index in [1.54, 1.807) is 6.92 Å². The van der Waals surface area contributed by atoms with Crippen molar-refractivity contribution in [1.29, 1.82) is 0 Å². The van der Waals surface area contributed by atoms with Gasteiger partial charge < -0.3 is 15.2 Å². The molecule has 1 aromatic carbocycles. The molecule has 0 amide bonds. The molecular weight excluding hydrogens is 248 g/mol. The third kappa shape index (κ3) is 3.02. The van der Waals surface area contributed by atoms with Gasteiger partial charge in [0.25, 0.3) is 5.69 Å². The molecule has 2 unspecified atom stereocenters. The summed E-state index contributed by atoms with van der Waals surface area (Å²) in [5.41, 5.74) is 0.572. The normalized spacial score (nSPS) is 26.4. The second kappa shape index (κ2) is 5.14. The zero-order valence-corrected chi connectivity index (χ0v) is 11.0. The SMILES string of the molecule is Cc1cc(NCC2(O)CCOC2C)cc([N+](=O)[O-])c1. The minimum atomic E-state index is -0.918. The first-order chi connectivity index (χ1) is 8.90. The number of nitro benzene ring substituents is 1. The molecule has 2 N–H and O–H groups in total. The number of nitrogens with one attached hydrogen (secondary N) is 1. The zero-order valence-electron chi connectivity index (χ0n) is 11.0. The molecule has 1 saturated heterocycles. The number of hydrogen-bond acceptors (Lipinski definition) is 5. The van der Waals surface area contributed by atoms with E-state index in [0.717, 1.165) is 5.56 Å². The van der Waals surface area contributed by atoms with Gasteiger partial charge in [-0.2, -0.15) is 0 Å². The number of non-ortho nitro benzene ring substituents is 1. The summed E-state index contributed by atoms with van der Waals surface area (Å²) in [6.07, 6.45) is 0.328. The number of hydrogen-bond donors (Lipinski definition) is 2. The van der Waals surface area contributed by atoms with Crippen molar-refractivity contribution in [3.63, 3.8) is 0 Å². The molecule has 2 rings (SSSR count). The molecule has 0 aliphatic carbocycles. The maximum absolute atomic E-state index is 10.8. The minimum Gasteiger partial charge on any atom is -0.385 e. The molecule has 0 bridgehead atoms. The van der Waals surface area contributed by atoms with Crippen molar-refractivity contribution in [2.45, 2.75) is 32.0 Å². The predicted molar refractivity (Wildman–Crippen MR) is 71.3 cm³/mol. The molecule has 0 spiro atoms. The Morgan fingerprint density at radius 2 is 2.32 bits per heavy atom. The summed E-state index contributed by atoms with van der Waals surface area (Å²) in [4.78, 5) is 10.4. The summed E-state index contributed by atoms with van der Waals surface area (Å²) in [7, 11) is 0. The molecule has 1 heterocycles. The topological polar surface area (TPSA) is 84.6 Å². The van der Waals surface area contributed by atoms with Gasteiger partial charge >= 0.3 is 0 Å². The van der Waals surface area contributed by atoms with Crippen molar-refractivity contribution in [3.05, 3.63) is 33.9 Å². The fourth-order valence-electron chi connectivity index (χ4n) is 2.23. The number of nitro groups is 1. The van der Waals surface area contributed by atoms with Crippen molar-refractivity contribution in [2.75, 3.05) is 18.5 Å². The number of nitrogens with zero attached hydrogens (tertiary/aromatic N) is 1. The Hall–Kier alpha value is -1.66. The van der Waals surface area contributed by atoms with E-state index in [-0.39, 0.29) is 11.8 Å². The molecule has 0 aromatic heterocycles. The zero-order chi connectivity index (χ0) is 14.0. The lowest BCUT2D eigenvalue weighted by molar-refractivity contribution is -0.384. The lowest BCUT2D eigenvalue weighted by atomic mass is 9.96. The Bertz CT molecular complexity index is 492. The summed E-state index contributed by atoms with van der Waals surface area (Å²) >= 11 is 0. The summed E-state index contributed by atoms with van der Waals surface area (Å²) in [6.45, 7) is 4.48. The first-order valence-electron chi connectivity index (χ1n) is 6.25. The molecule has 0 radical (unpaired) electrons. The molecule has 1 aromatic rings. The van der Waals surface area contributed by atoms with Crippen molar-refractivity contribution in [1.82, 2.24) is 0 Å². The minimum absolute atomic E-state index is 0.0465. The van der Waals surface area contributed by atoms with Crippen molar-refractivity contribution in [2.24, 2.45) is 0 Å². The van der Waals surface area contributed by atoms with Gasteiger partial charge in [0, 0.05) is 37.4 Å². The van der Waals surface area contributed by atoms with Crippen LogP contribution in [0.25, 0.3) is 0 Å². The lowest BCUT2D eigenvalue weighted by Crippen LogP contribution is -2.43. The molecule has 1 aliphatic heterocycles. The smallest absolute Gasteiger partial charge is 0.271 e. The average molecular weight is 266 g/mol. The summed E-state index contributed by atoms with van der Waals surface area (Å²) in [5, 5.41) is 24.2. The van der Waals surface area contributed by atoms with Gasteiger partial charge in [-0.25, -0.2) is 0 Å². The molecular formula is C13H18N2O4. The van der Waals surface area contributed by atoms with Crippen LogP contribution in [0.3, 0.4) is 0 Å². The third-order valence-electron chi connectivity index (χ3n) is 3.53. The van der Waals surface area contributed by atoms with Gasteiger partial charge in [-0.05, 0) is 25.5 Å². The van der Waals surface area contributed by atoms with Gasteiger partial charge in [0.1, 0.15) is 5.60 Å². The molecule has 6 nitrogen and oxygen atoms in total. The number of anilines is 1. The number of rotatable bonds is 4. The van der Waals surface area contributed by atoms with Gasteiger partial charge in [0.05, 0.1) is 11.0 Å². The monoisotopic (exact) mass is 266 g/mol. The second-order valence-corrected chi connectivity index (χ2v) is 5.03. The second-order valence-electron chi connectivity index (χ2n) is 5.03. The maximum Gasteiger partial charge on any atom is 0.271 e. The van der Waals surface area contributed by atoms with E-state index in [1.165, 1.54) is 12.1 Å². The van der Waals surface area contributed by atoms with E-state index in [1.807, 2.05) is 13.0 Å². The van der Waals surface area contributed by atoms with Gasteiger partial charge in [0.15, 0.2) is 0 Å². The van der Waals surface area contributed by atoms with Crippen LogP contribution in [0.5, 0.6) is 0 Å². The standard InChI is InChI=1S/C13H18N2O4/c1-9-5-11(7-12(6-9)15(17)18)14-8-13(16)3-4-19-10(13)2/h5-7,10,14,16H,3-4,8H2,1-2H3. The number of ether oxygens (including phenoxy) is 1. The largest absolute Gasteiger partial charge is 0.385 e. The summed E-state index contributed by atoms with van der Waals surface area (Å²) < 4.78 is 5.34. The third-order valence-corrected chi connectivity index (χ3v) is 3.53. The van der Waals surface area contributed by atoms with Crippen LogP contribution < -0.4 is 5.32 Å². The Morgan fingerprint density at radius 3 is 2.89 bits per heavy atom. The van der Waals surface area contributed by atoms with Gasteiger partial charge in [-0.1, -0.05) is 0 Å². The van der Waals surface area contributed by atoms with E-state index in [4.69, 9.17) is 4.74 Å². The van der Waals surface area contributed by atoms with E-state index in [0.29, 0.717) is 25.3 Å². The number of benzene rings is 1. The first-order valence-corrected chi connectivity index (χ1v) is 6.25. The Kier molecular flexibility index (Phi) is 3.73. The van der Waals surface area contributed by atoms with Crippen molar-refractivity contribution < 1.29 is 14.8 Å². The van der Waals surface area contributed by atoms with Crippen LogP contribution >= 0.6 is 0 Å². The summed E-state index contributed by atoms with van der Waals surface area (Å²) in [5.74, 6) is 0. The fourth-order valence-corrected chi connectivity index (χ4v) is 2.23. The number of aryl methyl sites for hydroxylation is 1. The van der Waals surface area contributed by atoms with Gasteiger partial charge in [-0.15, -0.1) is 0 Å². The highest BCUT2D eigenvalue weighted by Crippen LogP contribution is 2.27. The molecule has 0 saturated carbocycles. The van der Waals surface area contributed by atoms with Gasteiger partial charge in [-0.3, -0.25) is 10.1 Å². The van der Waals surface area contributed by atoms with E-state index in [9.17, 15) is 15.2 Å². The highest BCUT2D eigenvalue weighted by molar-refractivity contribution is 5.54. The Balaban J connectivity index is 2.09. The number of aliphatic hydroxyl groups is 1. The van der Waals surface area contributed by atoms with Gasteiger partial charge in [0.2, 0.25) is 0 Å². The van der Waals surface area contributed by atoms with E-state index < -0.39 is 10.5 Å². The van der Waals surface area contributed by atoms with Crippen molar-refractivity contribution in [3.8, 4) is 0 Å². The van der Waals surface area contributed by atoms with Crippen LogP contribution in [0.1, 0.15) is 18.9 Å². The molecule has 2 atom stereocenters. The predicted octanol–water partition coefficient (Wildman–Crippen LogP) is 1.86. The van der Waals surface area contributed by atoms with Crippen LogP contribution in [0, 0.1) is 17.0 Å². The lowest BCUT2D eigenvalue weighted by Gasteiger charge is -2.26. The van der Waals surface area contributed by atoms with Crippen LogP contribution in [-0.2, 0) is 4.74 Å². The highest BCUT2D eigenvalue weighted by Gasteiger charge is 2.39. The highest BCUT2D eigenvalue weighted by atomic mass is 16.6. The Labute approximate surface area is 111 Å². The first kappa shape index (κ1) is 13.8. The summed E-state index contributed by atoms with van der Waals surface area (Å²) in [6, 6.07) is 4.80. The van der Waals surface area contributed by atoms with Crippen molar-refractivity contribution >= 4 is 11.4 Å². The Morgan fingerprint density at radius 1 is 1.58 bits per heavy atom. The molecule has 104 valence electrons.